The van der Waals surface area contributed by atoms with E-state index in [1.54, 1.807) is 14.2 Å². The van der Waals surface area contributed by atoms with Crippen LogP contribution in [0.25, 0.3) is 0 Å². The molecule has 2 unspecified atom stereocenters. The first-order chi connectivity index (χ1) is 6.29. The lowest BCUT2D eigenvalue weighted by Crippen LogP contribution is -2.37. The third-order valence-corrected chi connectivity index (χ3v) is 2.67. The van der Waals surface area contributed by atoms with E-state index in [4.69, 9.17) is 15.2 Å². The molecule has 2 atom stereocenters. The molecule has 13 heavy (non-hydrogen) atoms. The Kier molecular flexibility index (Phi) is 4.70. The van der Waals surface area contributed by atoms with E-state index in [-0.39, 0.29) is 12.1 Å². The summed E-state index contributed by atoms with van der Waals surface area (Å²) in [6.45, 7) is 0.800. The lowest BCUT2D eigenvalue weighted by atomic mass is 10.0. The number of nitrogens with two attached hydrogens (primary N) is 1. The quantitative estimate of drug-likeness (QED) is 0.608. The Bertz CT molecular complexity index is 137. The van der Waals surface area contributed by atoms with Crippen LogP contribution >= 0.6 is 0 Å². The van der Waals surface area contributed by atoms with Gasteiger partial charge in [0.15, 0.2) is 0 Å². The van der Waals surface area contributed by atoms with Crippen molar-refractivity contribution in [2.75, 3.05) is 20.8 Å². The molecule has 1 fully saturated rings. The van der Waals surface area contributed by atoms with E-state index in [0.717, 1.165) is 25.4 Å². The van der Waals surface area contributed by atoms with Gasteiger partial charge in [0, 0.05) is 26.9 Å². The van der Waals surface area contributed by atoms with Crippen molar-refractivity contribution in [1.29, 1.82) is 0 Å². The first-order valence-corrected chi connectivity index (χ1v) is 5.07. The summed E-state index contributed by atoms with van der Waals surface area (Å²) in [6.07, 6.45) is 4.89. The fourth-order valence-corrected chi connectivity index (χ4v) is 1.77. The molecule has 1 aliphatic carbocycles. The van der Waals surface area contributed by atoms with Gasteiger partial charge in [0.1, 0.15) is 0 Å². The van der Waals surface area contributed by atoms with Gasteiger partial charge >= 0.3 is 0 Å². The standard InChI is InChI=1S/C10H21NO2/c1-12-7-3-4-9(11)10(13-2)8-5-6-8/h8-10H,3-7,11H2,1-2H3. The van der Waals surface area contributed by atoms with E-state index in [9.17, 15) is 0 Å². The van der Waals surface area contributed by atoms with Crippen molar-refractivity contribution in [2.45, 2.75) is 37.8 Å². The molecule has 0 aromatic heterocycles. The number of rotatable bonds is 7. The second kappa shape index (κ2) is 5.58. The smallest absolute Gasteiger partial charge is 0.0750 e. The summed E-state index contributed by atoms with van der Waals surface area (Å²) in [5, 5.41) is 0. The Morgan fingerprint density at radius 3 is 2.54 bits per heavy atom. The second-order valence-corrected chi connectivity index (χ2v) is 3.84. The second-order valence-electron chi connectivity index (χ2n) is 3.84. The predicted octanol–water partition coefficient (Wildman–Crippen LogP) is 1.17. The Labute approximate surface area is 80.6 Å². The molecule has 1 aliphatic rings. The summed E-state index contributed by atoms with van der Waals surface area (Å²) in [5.74, 6) is 0.725. The number of hydrogen-bond acceptors (Lipinski definition) is 3. The normalized spacial score (nSPS) is 21.5. The van der Waals surface area contributed by atoms with Crippen LogP contribution < -0.4 is 5.73 Å². The molecule has 0 heterocycles. The summed E-state index contributed by atoms with van der Waals surface area (Å²) in [7, 11) is 3.49. The Balaban J connectivity index is 2.15. The minimum atomic E-state index is 0.188. The van der Waals surface area contributed by atoms with Gasteiger partial charge in [-0.2, -0.15) is 0 Å². The molecule has 78 valence electrons. The summed E-state index contributed by atoms with van der Waals surface area (Å²) in [5.41, 5.74) is 6.03. The van der Waals surface area contributed by atoms with Crippen molar-refractivity contribution in [3.05, 3.63) is 0 Å². The fourth-order valence-electron chi connectivity index (χ4n) is 1.77. The van der Waals surface area contributed by atoms with Crippen molar-refractivity contribution < 1.29 is 9.47 Å². The molecule has 1 saturated carbocycles. The molecule has 0 saturated heterocycles. The van der Waals surface area contributed by atoms with Gasteiger partial charge in [0.2, 0.25) is 0 Å². The average molecular weight is 187 g/mol. The highest BCUT2D eigenvalue weighted by Crippen LogP contribution is 2.35. The van der Waals surface area contributed by atoms with Crippen molar-refractivity contribution in [1.82, 2.24) is 0 Å². The van der Waals surface area contributed by atoms with E-state index in [1.807, 2.05) is 0 Å². The maximum atomic E-state index is 6.03. The zero-order chi connectivity index (χ0) is 9.68. The molecule has 0 bridgehead atoms. The molecule has 0 aromatic rings. The first-order valence-electron chi connectivity index (χ1n) is 5.07. The van der Waals surface area contributed by atoms with E-state index in [2.05, 4.69) is 0 Å². The van der Waals surface area contributed by atoms with E-state index in [1.165, 1.54) is 12.8 Å². The highest BCUT2D eigenvalue weighted by atomic mass is 16.5. The maximum Gasteiger partial charge on any atom is 0.0750 e. The van der Waals surface area contributed by atoms with Gasteiger partial charge in [-0.05, 0) is 31.6 Å². The topological polar surface area (TPSA) is 44.5 Å². The molecule has 0 aliphatic heterocycles. The van der Waals surface area contributed by atoms with Gasteiger partial charge in [-0.1, -0.05) is 0 Å². The van der Waals surface area contributed by atoms with Gasteiger partial charge in [0.05, 0.1) is 6.10 Å². The molecular formula is C10H21NO2. The van der Waals surface area contributed by atoms with Crippen LogP contribution in [0.4, 0.5) is 0 Å². The summed E-state index contributed by atoms with van der Waals surface area (Å²) in [6, 6.07) is 0.188. The molecule has 0 spiro atoms. The van der Waals surface area contributed by atoms with Gasteiger partial charge in [-0.15, -0.1) is 0 Å². The van der Waals surface area contributed by atoms with Crippen molar-refractivity contribution in [2.24, 2.45) is 11.7 Å². The first kappa shape index (κ1) is 11.0. The van der Waals surface area contributed by atoms with Crippen molar-refractivity contribution >= 4 is 0 Å². The van der Waals surface area contributed by atoms with Gasteiger partial charge in [0.25, 0.3) is 0 Å². The molecule has 1 rings (SSSR count). The third kappa shape index (κ3) is 3.63. The molecule has 0 amide bonds. The van der Waals surface area contributed by atoms with E-state index < -0.39 is 0 Å². The summed E-state index contributed by atoms with van der Waals surface area (Å²) >= 11 is 0. The highest BCUT2D eigenvalue weighted by Gasteiger charge is 2.34. The van der Waals surface area contributed by atoms with Crippen LogP contribution in [0.5, 0.6) is 0 Å². The molecule has 0 aromatic carbocycles. The Morgan fingerprint density at radius 2 is 2.08 bits per heavy atom. The largest absolute Gasteiger partial charge is 0.385 e. The Hall–Kier alpha value is -0.120. The lowest BCUT2D eigenvalue weighted by Gasteiger charge is -2.22. The minimum absolute atomic E-state index is 0.188. The van der Waals surface area contributed by atoms with E-state index >= 15 is 0 Å². The van der Waals surface area contributed by atoms with Crippen LogP contribution in [-0.4, -0.2) is 33.0 Å². The van der Waals surface area contributed by atoms with Gasteiger partial charge < -0.3 is 15.2 Å². The van der Waals surface area contributed by atoms with Crippen molar-refractivity contribution in [3.8, 4) is 0 Å². The SMILES string of the molecule is COCCCC(N)C(OC)C1CC1. The molecule has 0 radical (unpaired) electrons. The zero-order valence-corrected chi connectivity index (χ0v) is 8.66. The molecule has 3 heteroatoms. The fraction of sp³-hybridized carbons (Fsp3) is 1.00. The number of ether oxygens (including phenoxy) is 2. The highest BCUT2D eigenvalue weighted by molar-refractivity contribution is 4.88. The molecular weight excluding hydrogens is 166 g/mol. The average Bonchev–Trinajstić information content (AvgIpc) is 2.90. The minimum Gasteiger partial charge on any atom is -0.385 e. The van der Waals surface area contributed by atoms with Crippen LogP contribution in [-0.2, 0) is 9.47 Å². The predicted molar refractivity (Wildman–Crippen MR) is 52.6 cm³/mol. The van der Waals surface area contributed by atoms with E-state index in [0.29, 0.717) is 0 Å². The van der Waals surface area contributed by atoms with Crippen LogP contribution in [0.1, 0.15) is 25.7 Å². The monoisotopic (exact) mass is 187 g/mol. The Morgan fingerprint density at radius 1 is 1.38 bits per heavy atom. The zero-order valence-electron chi connectivity index (χ0n) is 8.66. The van der Waals surface area contributed by atoms with Crippen molar-refractivity contribution in [3.63, 3.8) is 0 Å². The molecule has 2 N–H and O–H groups in total. The summed E-state index contributed by atoms with van der Waals surface area (Å²) in [4.78, 5) is 0. The van der Waals surface area contributed by atoms with Crippen LogP contribution in [0.3, 0.4) is 0 Å². The van der Waals surface area contributed by atoms with Gasteiger partial charge in [-0.25, -0.2) is 0 Å². The molecule has 3 nitrogen and oxygen atoms in total. The van der Waals surface area contributed by atoms with Gasteiger partial charge in [-0.3, -0.25) is 0 Å². The third-order valence-electron chi connectivity index (χ3n) is 2.67. The van der Waals surface area contributed by atoms with Crippen LogP contribution in [0.2, 0.25) is 0 Å². The van der Waals surface area contributed by atoms with Crippen LogP contribution in [0, 0.1) is 5.92 Å². The number of methoxy groups -OCH3 is 2. The summed E-state index contributed by atoms with van der Waals surface area (Å²) < 4.78 is 10.4. The van der Waals surface area contributed by atoms with Crippen LogP contribution in [0.15, 0.2) is 0 Å². The lowest BCUT2D eigenvalue weighted by molar-refractivity contribution is 0.0571. The number of hydrogen-bond donors (Lipinski definition) is 1. The maximum absolute atomic E-state index is 6.03.